The Morgan fingerprint density at radius 2 is 1.00 bits per heavy atom. The monoisotopic (exact) mass is 382 g/mol. The molecule has 2 aromatic carbocycles. The predicted molar refractivity (Wildman–Crippen MR) is 94.1 cm³/mol. The van der Waals surface area contributed by atoms with Crippen LogP contribution in [0.5, 0.6) is 0 Å². The van der Waals surface area contributed by atoms with E-state index >= 15 is 0 Å². The van der Waals surface area contributed by atoms with Crippen molar-refractivity contribution in [3.63, 3.8) is 0 Å². The fraction of sp³-hybridized carbons (Fsp3) is 0.143. The summed E-state index contributed by atoms with van der Waals surface area (Å²) in [7, 11) is 3.14. The molecule has 0 amide bonds. The number of aryl methyl sites for hydroxylation is 2. The molecule has 0 spiro atoms. The molecule has 0 bridgehead atoms. The summed E-state index contributed by atoms with van der Waals surface area (Å²) in [6.07, 6.45) is 0. The van der Waals surface area contributed by atoms with Gasteiger partial charge in [-0.1, -0.05) is 68.0 Å². The second-order valence-electron chi connectivity index (χ2n) is 4.23. The maximum atomic E-state index is 6.23. The fourth-order valence-corrected chi connectivity index (χ4v) is 6.02. The first kappa shape index (κ1) is 16.7. The molecule has 0 aliphatic heterocycles. The molecule has 2 aromatic rings. The van der Waals surface area contributed by atoms with Gasteiger partial charge in [-0.2, -0.15) is 0 Å². The van der Waals surface area contributed by atoms with Crippen molar-refractivity contribution in [2.24, 2.45) is 0 Å². The lowest BCUT2D eigenvalue weighted by molar-refractivity contribution is 1.30. The molecule has 20 heavy (non-hydrogen) atoms. The molecule has 106 valence electrons. The van der Waals surface area contributed by atoms with Crippen LogP contribution in [0.25, 0.3) is 0 Å². The average molecular weight is 384 g/mol. The Morgan fingerprint density at radius 3 is 1.30 bits per heavy atom. The quantitative estimate of drug-likeness (QED) is 0.497. The minimum atomic E-state index is 0.641. The molecule has 0 N–H and O–H groups in total. The first-order valence-corrected chi connectivity index (χ1v) is 9.30. The van der Waals surface area contributed by atoms with Crippen LogP contribution in [0.4, 0.5) is 0 Å². The lowest BCUT2D eigenvalue weighted by atomic mass is 10.2. The Bertz CT molecular complexity index is 552. The highest BCUT2D eigenvalue weighted by molar-refractivity contribution is 8.76. The van der Waals surface area contributed by atoms with E-state index in [1.165, 1.54) is 0 Å². The summed E-state index contributed by atoms with van der Waals surface area (Å²) in [5.74, 6) is 0. The molecule has 6 heteroatoms. The SMILES string of the molecule is Cc1cc(Cl)cc(Cl)c1SSc1c(C)cc(Cl)cc1Cl. The standard InChI is InChI=1S/C14H10Cl4S2/c1-7-3-9(15)5-11(17)13(7)19-20-14-8(2)4-10(16)6-12(14)18/h3-6H,1-2H3. The molecular weight excluding hydrogens is 374 g/mol. The zero-order valence-electron chi connectivity index (χ0n) is 10.6. The minimum absolute atomic E-state index is 0.641. The lowest BCUT2D eigenvalue weighted by Gasteiger charge is -2.11. The van der Waals surface area contributed by atoms with E-state index in [0.29, 0.717) is 20.1 Å². The van der Waals surface area contributed by atoms with Gasteiger partial charge in [0.25, 0.3) is 0 Å². The maximum Gasteiger partial charge on any atom is 0.0568 e. The second-order valence-corrected chi connectivity index (χ2v) is 8.07. The Balaban J connectivity index is 2.26. The molecule has 0 saturated heterocycles. The number of hydrogen-bond donors (Lipinski definition) is 0. The van der Waals surface area contributed by atoms with Crippen molar-refractivity contribution in [1.82, 2.24) is 0 Å². The summed E-state index contributed by atoms with van der Waals surface area (Å²) in [6, 6.07) is 7.28. The molecule has 0 fully saturated rings. The average Bonchev–Trinajstić information content (AvgIpc) is 2.30. The van der Waals surface area contributed by atoms with Crippen LogP contribution in [-0.2, 0) is 0 Å². The molecule has 0 aliphatic rings. The third-order valence-electron chi connectivity index (χ3n) is 2.60. The molecule has 0 radical (unpaired) electrons. The van der Waals surface area contributed by atoms with Crippen LogP contribution in [0.3, 0.4) is 0 Å². The number of benzene rings is 2. The molecule has 0 aliphatic carbocycles. The van der Waals surface area contributed by atoms with E-state index < -0.39 is 0 Å². The maximum absolute atomic E-state index is 6.23. The van der Waals surface area contributed by atoms with Gasteiger partial charge in [0, 0.05) is 19.8 Å². The van der Waals surface area contributed by atoms with Gasteiger partial charge in [0.2, 0.25) is 0 Å². The highest BCUT2D eigenvalue weighted by atomic mass is 35.5. The predicted octanol–water partition coefficient (Wildman–Crippen LogP) is 7.72. The van der Waals surface area contributed by atoms with E-state index in [4.69, 9.17) is 46.4 Å². The van der Waals surface area contributed by atoms with Gasteiger partial charge in [-0.05, 0) is 49.2 Å². The zero-order chi connectivity index (χ0) is 14.9. The van der Waals surface area contributed by atoms with Crippen LogP contribution in [-0.4, -0.2) is 0 Å². The molecule has 0 atom stereocenters. The second kappa shape index (κ2) is 7.04. The van der Waals surface area contributed by atoms with Gasteiger partial charge >= 0.3 is 0 Å². The van der Waals surface area contributed by atoms with Gasteiger partial charge in [-0.25, -0.2) is 0 Å². The summed E-state index contributed by atoms with van der Waals surface area (Å²) < 4.78 is 0. The summed E-state index contributed by atoms with van der Waals surface area (Å²) >= 11 is 24.4. The number of halogens is 4. The number of hydrogen-bond acceptors (Lipinski definition) is 2. The van der Waals surface area contributed by atoms with Gasteiger partial charge in [0.1, 0.15) is 0 Å². The lowest BCUT2D eigenvalue weighted by Crippen LogP contribution is -1.83. The van der Waals surface area contributed by atoms with Crippen LogP contribution < -0.4 is 0 Å². The van der Waals surface area contributed by atoms with Crippen molar-refractivity contribution in [2.45, 2.75) is 23.6 Å². The smallest absolute Gasteiger partial charge is 0.0568 e. The normalized spacial score (nSPS) is 10.9. The van der Waals surface area contributed by atoms with Crippen LogP contribution in [0.2, 0.25) is 20.1 Å². The number of rotatable bonds is 3. The van der Waals surface area contributed by atoms with Crippen LogP contribution in [0, 0.1) is 13.8 Å². The van der Waals surface area contributed by atoms with E-state index in [0.717, 1.165) is 20.9 Å². The van der Waals surface area contributed by atoms with Gasteiger partial charge < -0.3 is 0 Å². The largest absolute Gasteiger partial charge is 0.0843 e. The van der Waals surface area contributed by atoms with Gasteiger partial charge in [-0.3, -0.25) is 0 Å². The third kappa shape index (κ3) is 3.94. The van der Waals surface area contributed by atoms with Crippen molar-refractivity contribution in [2.75, 3.05) is 0 Å². The summed E-state index contributed by atoms with van der Waals surface area (Å²) in [5.41, 5.74) is 2.09. The Morgan fingerprint density at radius 1 is 0.650 bits per heavy atom. The summed E-state index contributed by atoms with van der Waals surface area (Å²) in [6.45, 7) is 3.97. The van der Waals surface area contributed by atoms with Crippen molar-refractivity contribution < 1.29 is 0 Å². The van der Waals surface area contributed by atoms with Crippen LogP contribution in [0.15, 0.2) is 34.1 Å². The topological polar surface area (TPSA) is 0 Å². The fourth-order valence-electron chi connectivity index (χ4n) is 1.67. The molecule has 0 unspecified atom stereocenters. The molecule has 0 heterocycles. The summed E-state index contributed by atoms with van der Waals surface area (Å²) in [5, 5.41) is 2.58. The molecular formula is C14H10Cl4S2. The molecule has 0 aromatic heterocycles. The third-order valence-corrected chi connectivity index (χ3v) is 6.60. The Kier molecular flexibility index (Phi) is 5.87. The van der Waals surface area contributed by atoms with Gasteiger partial charge in [0.05, 0.1) is 10.0 Å². The molecule has 2 rings (SSSR count). The first-order valence-electron chi connectivity index (χ1n) is 5.64. The Hall–Kier alpha value is 0.300. The minimum Gasteiger partial charge on any atom is -0.0843 e. The van der Waals surface area contributed by atoms with Crippen molar-refractivity contribution >= 4 is 68.0 Å². The van der Waals surface area contributed by atoms with Crippen molar-refractivity contribution in [3.8, 4) is 0 Å². The van der Waals surface area contributed by atoms with Gasteiger partial charge in [-0.15, -0.1) is 0 Å². The van der Waals surface area contributed by atoms with E-state index in [9.17, 15) is 0 Å². The Labute approximate surface area is 146 Å². The van der Waals surface area contributed by atoms with E-state index in [1.54, 1.807) is 33.7 Å². The van der Waals surface area contributed by atoms with Crippen molar-refractivity contribution in [3.05, 3.63) is 55.5 Å². The highest BCUT2D eigenvalue weighted by Crippen LogP contribution is 2.46. The van der Waals surface area contributed by atoms with E-state index in [-0.39, 0.29) is 0 Å². The molecule has 0 nitrogen and oxygen atoms in total. The van der Waals surface area contributed by atoms with Crippen molar-refractivity contribution in [1.29, 1.82) is 0 Å². The molecule has 0 saturated carbocycles. The van der Waals surface area contributed by atoms with E-state index in [1.807, 2.05) is 26.0 Å². The first-order chi connectivity index (χ1) is 9.38. The van der Waals surface area contributed by atoms with E-state index in [2.05, 4.69) is 0 Å². The zero-order valence-corrected chi connectivity index (χ0v) is 15.3. The highest BCUT2D eigenvalue weighted by Gasteiger charge is 2.12. The van der Waals surface area contributed by atoms with Gasteiger partial charge in [0.15, 0.2) is 0 Å². The van der Waals surface area contributed by atoms with Crippen LogP contribution in [0.1, 0.15) is 11.1 Å². The summed E-state index contributed by atoms with van der Waals surface area (Å²) in [4.78, 5) is 1.98. The van der Waals surface area contributed by atoms with Crippen LogP contribution >= 0.6 is 68.0 Å².